The van der Waals surface area contributed by atoms with Crippen molar-refractivity contribution in [1.29, 1.82) is 0 Å². The number of ether oxygens (including phenoxy) is 1. The van der Waals surface area contributed by atoms with Crippen LogP contribution in [0.4, 0.5) is 5.69 Å². The van der Waals surface area contributed by atoms with E-state index in [1.165, 1.54) is 0 Å². The first-order valence-electron chi connectivity index (χ1n) is 6.36. The van der Waals surface area contributed by atoms with Gasteiger partial charge in [0.15, 0.2) is 0 Å². The van der Waals surface area contributed by atoms with Crippen LogP contribution < -0.4 is 5.32 Å². The van der Waals surface area contributed by atoms with E-state index in [0.717, 1.165) is 49.0 Å². The molecule has 2 rings (SSSR count). The van der Waals surface area contributed by atoms with Gasteiger partial charge in [-0.05, 0) is 37.0 Å². The van der Waals surface area contributed by atoms with Crippen LogP contribution in [-0.4, -0.2) is 19.1 Å². The van der Waals surface area contributed by atoms with Gasteiger partial charge in [0.2, 0.25) is 0 Å². The lowest BCUT2D eigenvalue weighted by atomic mass is 9.98. The predicted molar refractivity (Wildman–Crippen MR) is 68.4 cm³/mol. The fraction of sp³-hybridized carbons (Fsp3) is 0.500. The second kappa shape index (κ2) is 5.71. The summed E-state index contributed by atoms with van der Waals surface area (Å²) in [6, 6.07) is 5.80. The molecule has 1 heterocycles. The van der Waals surface area contributed by atoms with Gasteiger partial charge in [0.1, 0.15) is 0 Å². The van der Waals surface area contributed by atoms with E-state index in [4.69, 9.17) is 4.74 Å². The minimum atomic E-state index is -0.181. The van der Waals surface area contributed by atoms with E-state index in [1.54, 1.807) is 0 Å². The second-order valence-electron chi connectivity index (χ2n) is 4.35. The number of carbonyl (C=O) groups is 1. The number of nitrogens with one attached hydrogen (secondary N) is 1. The van der Waals surface area contributed by atoms with Crippen molar-refractivity contribution < 1.29 is 9.53 Å². The molecule has 0 amide bonds. The lowest BCUT2D eigenvalue weighted by molar-refractivity contribution is 0.0498. The van der Waals surface area contributed by atoms with Crippen LogP contribution in [-0.2, 0) is 11.2 Å². The molecule has 0 aromatic heterocycles. The van der Waals surface area contributed by atoms with E-state index in [0.29, 0.717) is 6.61 Å². The molecule has 92 valence electrons. The monoisotopic (exact) mass is 233 g/mol. The highest BCUT2D eigenvalue weighted by Gasteiger charge is 2.17. The zero-order valence-corrected chi connectivity index (χ0v) is 10.3. The maximum absolute atomic E-state index is 11.9. The molecule has 17 heavy (non-hydrogen) atoms. The van der Waals surface area contributed by atoms with Gasteiger partial charge in [-0.25, -0.2) is 4.79 Å². The largest absolute Gasteiger partial charge is 0.462 e. The first-order valence-corrected chi connectivity index (χ1v) is 6.36. The first-order chi connectivity index (χ1) is 8.33. The van der Waals surface area contributed by atoms with Gasteiger partial charge in [0.05, 0.1) is 12.2 Å². The Morgan fingerprint density at radius 3 is 3.18 bits per heavy atom. The minimum absolute atomic E-state index is 0.181. The maximum atomic E-state index is 11.9. The molecule has 0 bridgehead atoms. The summed E-state index contributed by atoms with van der Waals surface area (Å²) in [5, 5.41) is 3.32. The van der Waals surface area contributed by atoms with Crippen molar-refractivity contribution >= 4 is 11.7 Å². The molecule has 1 N–H and O–H groups in total. The van der Waals surface area contributed by atoms with E-state index in [2.05, 4.69) is 12.2 Å². The highest BCUT2D eigenvalue weighted by Crippen LogP contribution is 2.25. The summed E-state index contributed by atoms with van der Waals surface area (Å²) in [6.07, 6.45) is 4.01. The lowest BCUT2D eigenvalue weighted by Gasteiger charge is -2.20. The second-order valence-corrected chi connectivity index (χ2v) is 4.35. The van der Waals surface area contributed by atoms with Crippen LogP contribution in [0.3, 0.4) is 0 Å². The molecule has 0 unspecified atom stereocenters. The van der Waals surface area contributed by atoms with Gasteiger partial charge in [-0.2, -0.15) is 0 Å². The Morgan fingerprint density at radius 1 is 1.47 bits per heavy atom. The smallest absolute Gasteiger partial charge is 0.338 e. The summed E-state index contributed by atoms with van der Waals surface area (Å²) in [7, 11) is 0. The van der Waals surface area contributed by atoms with Crippen molar-refractivity contribution in [2.24, 2.45) is 0 Å². The van der Waals surface area contributed by atoms with Gasteiger partial charge in [0, 0.05) is 12.2 Å². The third-order valence-corrected chi connectivity index (χ3v) is 3.05. The Kier molecular flexibility index (Phi) is 4.02. The van der Waals surface area contributed by atoms with Gasteiger partial charge in [-0.15, -0.1) is 0 Å². The zero-order chi connectivity index (χ0) is 12.1. The summed E-state index contributed by atoms with van der Waals surface area (Å²) < 4.78 is 5.27. The first kappa shape index (κ1) is 12.0. The number of anilines is 1. The topological polar surface area (TPSA) is 38.3 Å². The van der Waals surface area contributed by atoms with Gasteiger partial charge in [-0.1, -0.05) is 19.4 Å². The van der Waals surface area contributed by atoms with Gasteiger partial charge >= 0.3 is 5.97 Å². The summed E-state index contributed by atoms with van der Waals surface area (Å²) in [5.41, 5.74) is 2.92. The quantitative estimate of drug-likeness (QED) is 0.641. The molecule has 0 saturated heterocycles. The fourth-order valence-corrected chi connectivity index (χ4v) is 2.09. The molecular formula is C14H19NO2. The molecule has 0 saturated carbocycles. The van der Waals surface area contributed by atoms with Gasteiger partial charge in [-0.3, -0.25) is 0 Å². The molecule has 0 aliphatic carbocycles. The standard InChI is InChI=1S/C14H19NO2/c1-2-3-10-17-14(16)12-6-4-8-13-11(12)7-5-9-15-13/h4,6,8,15H,2-3,5,7,9-10H2,1H3. The Bertz CT molecular complexity index is 401. The number of unbranched alkanes of at least 4 members (excludes halogenated alkanes) is 1. The van der Waals surface area contributed by atoms with Crippen molar-refractivity contribution in [3.63, 3.8) is 0 Å². The van der Waals surface area contributed by atoms with Crippen LogP contribution in [0.25, 0.3) is 0 Å². The van der Waals surface area contributed by atoms with Crippen LogP contribution in [0.2, 0.25) is 0 Å². The molecule has 3 nitrogen and oxygen atoms in total. The van der Waals surface area contributed by atoms with Crippen molar-refractivity contribution in [3.05, 3.63) is 29.3 Å². The van der Waals surface area contributed by atoms with Crippen molar-refractivity contribution in [2.75, 3.05) is 18.5 Å². The van der Waals surface area contributed by atoms with E-state index in [9.17, 15) is 4.79 Å². The van der Waals surface area contributed by atoms with Crippen LogP contribution in [0.5, 0.6) is 0 Å². The molecule has 1 aliphatic heterocycles. The summed E-state index contributed by atoms with van der Waals surface area (Å²) in [6.45, 7) is 3.59. The Labute approximate surface area is 102 Å². The molecule has 0 atom stereocenters. The van der Waals surface area contributed by atoms with E-state index < -0.39 is 0 Å². The van der Waals surface area contributed by atoms with E-state index >= 15 is 0 Å². The highest BCUT2D eigenvalue weighted by atomic mass is 16.5. The SMILES string of the molecule is CCCCOC(=O)c1cccc2c1CCCN2. The number of rotatable bonds is 4. The summed E-state index contributed by atoms with van der Waals surface area (Å²) >= 11 is 0. The van der Waals surface area contributed by atoms with Gasteiger partial charge < -0.3 is 10.1 Å². The lowest BCUT2D eigenvalue weighted by Crippen LogP contribution is -2.17. The normalized spacial score (nSPS) is 13.7. The Morgan fingerprint density at radius 2 is 2.35 bits per heavy atom. The number of hydrogen-bond donors (Lipinski definition) is 1. The molecule has 1 aromatic rings. The third-order valence-electron chi connectivity index (χ3n) is 3.05. The summed E-state index contributed by atoms with van der Waals surface area (Å²) in [4.78, 5) is 11.9. The number of esters is 1. The highest BCUT2D eigenvalue weighted by molar-refractivity contribution is 5.93. The number of benzene rings is 1. The molecular weight excluding hydrogens is 214 g/mol. The van der Waals surface area contributed by atoms with Gasteiger partial charge in [0.25, 0.3) is 0 Å². The molecule has 3 heteroatoms. The van der Waals surface area contributed by atoms with Crippen molar-refractivity contribution in [1.82, 2.24) is 0 Å². The third kappa shape index (κ3) is 2.78. The van der Waals surface area contributed by atoms with Crippen molar-refractivity contribution in [3.8, 4) is 0 Å². The molecule has 1 aliphatic rings. The van der Waals surface area contributed by atoms with Crippen molar-refractivity contribution in [2.45, 2.75) is 32.6 Å². The van der Waals surface area contributed by atoms with E-state index in [-0.39, 0.29) is 5.97 Å². The number of fused-ring (bicyclic) bond motifs is 1. The van der Waals surface area contributed by atoms with Crippen LogP contribution >= 0.6 is 0 Å². The molecule has 0 radical (unpaired) electrons. The van der Waals surface area contributed by atoms with Crippen LogP contribution in [0, 0.1) is 0 Å². The average Bonchev–Trinajstić information content (AvgIpc) is 2.38. The van der Waals surface area contributed by atoms with E-state index in [1.807, 2.05) is 18.2 Å². The number of hydrogen-bond acceptors (Lipinski definition) is 3. The maximum Gasteiger partial charge on any atom is 0.338 e. The zero-order valence-electron chi connectivity index (χ0n) is 10.3. The Balaban J connectivity index is 2.12. The predicted octanol–water partition coefficient (Wildman–Crippen LogP) is 3.00. The van der Waals surface area contributed by atoms with Crippen LogP contribution in [0.15, 0.2) is 18.2 Å². The molecule has 0 fully saturated rings. The average molecular weight is 233 g/mol. The summed E-state index contributed by atoms with van der Waals surface area (Å²) in [5.74, 6) is -0.181. The molecule has 1 aromatic carbocycles. The minimum Gasteiger partial charge on any atom is -0.462 e. The Hall–Kier alpha value is -1.51. The van der Waals surface area contributed by atoms with Crippen LogP contribution in [0.1, 0.15) is 42.1 Å². The molecule has 0 spiro atoms. The number of carbonyl (C=O) groups excluding carboxylic acids is 1. The fourth-order valence-electron chi connectivity index (χ4n) is 2.09.